The van der Waals surface area contributed by atoms with Gasteiger partial charge in [-0.1, -0.05) is 0 Å². The van der Waals surface area contributed by atoms with E-state index < -0.39 is 0 Å². The molecule has 0 saturated carbocycles. The summed E-state index contributed by atoms with van der Waals surface area (Å²) in [4.78, 5) is 15.6. The molecule has 0 radical (unpaired) electrons. The molecule has 17 heavy (non-hydrogen) atoms. The SMILES string of the molecule is CN1C(=O)Cc2cc(N(C)C3CNC3)ccc21. The van der Waals surface area contributed by atoms with E-state index >= 15 is 0 Å². The summed E-state index contributed by atoms with van der Waals surface area (Å²) in [6.07, 6.45) is 0.538. The highest BCUT2D eigenvalue weighted by molar-refractivity contribution is 6.01. The molecule has 1 aromatic rings. The van der Waals surface area contributed by atoms with Crippen molar-refractivity contribution in [3.05, 3.63) is 23.8 Å². The largest absolute Gasteiger partial charge is 0.369 e. The molecule has 90 valence electrons. The second kappa shape index (κ2) is 3.74. The first kappa shape index (κ1) is 10.6. The number of hydrogen-bond acceptors (Lipinski definition) is 3. The first-order valence-electron chi connectivity index (χ1n) is 6.00. The molecule has 3 rings (SSSR count). The molecule has 0 unspecified atom stereocenters. The fourth-order valence-corrected chi connectivity index (χ4v) is 2.43. The van der Waals surface area contributed by atoms with Crippen LogP contribution in [0.5, 0.6) is 0 Å². The number of nitrogens with one attached hydrogen (secondary N) is 1. The molecular formula is C13H17N3O. The van der Waals surface area contributed by atoms with Crippen LogP contribution in [0.25, 0.3) is 0 Å². The van der Waals surface area contributed by atoms with Crippen molar-refractivity contribution in [2.75, 3.05) is 37.0 Å². The van der Waals surface area contributed by atoms with E-state index in [4.69, 9.17) is 0 Å². The van der Waals surface area contributed by atoms with E-state index in [-0.39, 0.29) is 5.91 Å². The van der Waals surface area contributed by atoms with Crippen LogP contribution >= 0.6 is 0 Å². The van der Waals surface area contributed by atoms with Gasteiger partial charge < -0.3 is 15.1 Å². The lowest BCUT2D eigenvalue weighted by Crippen LogP contribution is -2.56. The van der Waals surface area contributed by atoms with Crippen molar-refractivity contribution in [1.82, 2.24) is 5.32 Å². The van der Waals surface area contributed by atoms with Gasteiger partial charge in [0.2, 0.25) is 5.91 Å². The molecule has 0 aromatic heterocycles. The Balaban J connectivity index is 1.89. The predicted molar refractivity (Wildman–Crippen MR) is 68.6 cm³/mol. The average Bonchev–Trinajstić information content (AvgIpc) is 2.52. The maximum absolute atomic E-state index is 11.6. The van der Waals surface area contributed by atoms with Gasteiger partial charge in [0.15, 0.2) is 0 Å². The highest BCUT2D eigenvalue weighted by Gasteiger charge is 2.26. The Kier molecular flexibility index (Phi) is 2.33. The Bertz CT molecular complexity index is 468. The van der Waals surface area contributed by atoms with Crippen LogP contribution in [-0.2, 0) is 11.2 Å². The number of carbonyl (C=O) groups is 1. The van der Waals surface area contributed by atoms with Gasteiger partial charge in [-0.2, -0.15) is 0 Å². The van der Waals surface area contributed by atoms with Gasteiger partial charge in [0.25, 0.3) is 0 Å². The molecule has 0 aliphatic carbocycles. The minimum Gasteiger partial charge on any atom is -0.369 e. The van der Waals surface area contributed by atoms with E-state index in [1.807, 2.05) is 7.05 Å². The molecule has 2 aliphatic heterocycles. The molecule has 1 saturated heterocycles. The molecule has 4 heteroatoms. The van der Waals surface area contributed by atoms with Gasteiger partial charge in [-0.05, 0) is 23.8 Å². The highest BCUT2D eigenvalue weighted by Crippen LogP contribution is 2.31. The number of amides is 1. The summed E-state index contributed by atoms with van der Waals surface area (Å²) in [5.74, 6) is 0.185. The summed E-state index contributed by atoms with van der Waals surface area (Å²) >= 11 is 0. The number of rotatable bonds is 2. The molecule has 1 amide bonds. The van der Waals surface area contributed by atoms with Crippen LogP contribution in [0.2, 0.25) is 0 Å². The summed E-state index contributed by atoms with van der Waals surface area (Å²) in [6, 6.07) is 6.89. The van der Waals surface area contributed by atoms with Crippen LogP contribution in [0.3, 0.4) is 0 Å². The van der Waals surface area contributed by atoms with Crippen molar-refractivity contribution in [2.45, 2.75) is 12.5 Å². The van der Waals surface area contributed by atoms with E-state index in [0.29, 0.717) is 12.5 Å². The molecular weight excluding hydrogens is 214 g/mol. The number of hydrogen-bond donors (Lipinski definition) is 1. The van der Waals surface area contributed by atoms with Crippen LogP contribution < -0.4 is 15.1 Å². The van der Waals surface area contributed by atoms with Crippen molar-refractivity contribution < 1.29 is 4.79 Å². The van der Waals surface area contributed by atoms with Gasteiger partial charge >= 0.3 is 0 Å². The third-order valence-electron chi connectivity index (χ3n) is 3.86. The zero-order valence-corrected chi connectivity index (χ0v) is 10.2. The lowest BCUT2D eigenvalue weighted by molar-refractivity contribution is -0.117. The number of fused-ring (bicyclic) bond motifs is 1. The van der Waals surface area contributed by atoms with Crippen molar-refractivity contribution in [3.8, 4) is 0 Å². The van der Waals surface area contributed by atoms with Crippen molar-refractivity contribution in [1.29, 1.82) is 0 Å². The van der Waals surface area contributed by atoms with E-state index in [2.05, 4.69) is 35.5 Å². The van der Waals surface area contributed by atoms with Crippen molar-refractivity contribution in [2.24, 2.45) is 0 Å². The molecule has 1 aromatic carbocycles. The monoisotopic (exact) mass is 231 g/mol. The Labute approximate surface area is 101 Å². The van der Waals surface area contributed by atoms with E-state index in [1.165, 1.54) is 5.69 Å². The minimum atomic E-state index is 0.185. The maximum atomic E-state index is 11.6. The van der Waals surface area contributed by atoms with E-state index in [1.54, 1.807) is 4.90 Å². The standard InChI is InChI=1S/C13H17N3O/c1-15(11-7-14-8-11)10-3-4-12-9(5-10)6-13(17)16(12)2/h3-5,11,14H,6-8H2,1-2H3. The number of nitrogens with zero attached hydrogens (tertiary/aromatic N) is 2. The van der Waals surface area contributed by atoms with Crippen LogP contribution in [0.4, 0.5) is 11.4 Å². The minimum absolute atomic E-state index is 0.185. The lowest BCUT2D eigenvalue weighted by atomic mass is 10.1. The first-order chi connectivity index (χ1) is 8.16. The third-order valence-corrected chi connectivity index (χ3v) is 3.86. The summed E-state index contributed by atoms with van der Waals surface area (Å²) in [5.41, 5.74) is 3.41. The smallest absolute Gasteiger partial charge is 0.231 e. The first-order valence-corrected chi connectivity index (χ1v) is 6.00. The normalized spacial score (nSPS) is 19.2. The third kappa shape index (κ3) is 1.60. The fraction of sp³-hybridized carbons (Fsp3) is 0.462. The van der Waals surface area contributed by atoms with Crippen LogP contribution in [0, 0.1) is 0 Å². The second-order valence-electron chi connectivity index (χ2n) is 4.87. The van der Waals surface area contributed by atoms with Gasteiger partial charge in [-0.15, -0.1) is 0 Å². The molecule has 2 heterocycles. The number of carbonyl (C=O) groups excluding carboxylic acids is 1. The summed E-state index contributed by atoms with van der Waals surface area (Å²) in [5, 5.41) is 3.27. The summed E-state index contributed by atoms with van der Waals surface area (Å²) in [7, 11) is 3.96. The Morgan fingerprint density at radius 1 is 1.41 bits per heavy atom. The molecule has 0 bridgehead atoms. The maximum Gasteiger partial charge on any atom is 0.231 e. The Morgan fingerprint density at radius 2 is 2.18 bits per heavy atom. The number of likely N-dealkylation sites (N-methyl/N-ethyl adjacent to an activating group) is 2. The van der Waals surface area contributed by atoms with Gasteiger partial charge in [0.1, 0.15) is 0 Å². The molecule has 0 spiro atoms. The molecule has 1 fully saturated rings. The van der Waals surface area contributed by atoms with Crippen LogP contribution in [-0.4, -0.2) is 39.1 Å². The average molecular weight is 231 g/mol. The predicted octanol–water partition coefficient (Wildman–Crippen LogP) is 0.614. The molecule has 2 aliphatic rings. The van der Waals surface area contributed by atoms with Crippen LogP contribution in [0.15, 0.2) is 18.2 Å². The summed E-state index contributed by atoms with van der Waals surface area (Å²) in [6.45, 7) is 2.10. The van der Waals surface area contributed by atoms with Gasteiger partial charge in [0.05, 0.1) is 12.5 Å². The van der Waals surface area contributed by atoms with Crippen molar-refractivity contribution >= 4 is 17.3 Å². The number of anilines is 2. The van der Waals surface area contributed by atoms with E-state index in [9.17, 15) is 4.79 Å². The zero-order chi connectivity index (χ0) is 12.0. The Hall–Kier alpha value is -1.55. The second-order valence-corrected chi connectivity index (χ2v) is 4.87. The van der Waals surface area contributed by atoms with Gasteiger partial charge in [-0.25, -0.2) is 0 Å². The molecule has 0 atom stereocenters. The van der Waals surface area contributed by atoms with Crippen molar-refractivity contribution in [3.63, 3.8) is 0 Å². The van der Waals surface area contributed by atoms with E-state index in [0.717, 1.165) is 24.3 Å². The quantitative estimate of drug-likeness (QED) is 0.810. The van der Waals surface area contributed by atoms with Gasteiger partial charge in [-0.3, -0.25) is 4.79 Å². The Morgan fingerprint density at radius 3 is 2.82 bits per heavy atom. The lowest BCUT2D eigenvalue weighted by Gasteiger charge is -2.37. The fourth-order valence-electron chi connectivity index (χ4n) is 2.43. The van der Waals surface area contributed by atoms with Crippen LogP contribution in [0.1, 0.15) is 5.56 Å². The number of benzene rings is 1. The summed E-state index contributed by atoms with van der Waals surface area (Å²) < 4.78 is 0. The topological polar surface area (TPSA) is 35.6 Å². The molecule has 4 nitrogen and oxygen atoms in total. The zero-order valence-electron chi connectivity index (χ0n) is 10.2. The highest BCUT2D eigenvalue weighted by atomic mass is 16.2. The molecule has 1 N–H and O–H groups in total. The van der Waals surface area contributed by atoms with Gasteiger partial charge in [0, 0.05) is 38.6 Å².